The van der Waals surface area contributed by atoms with Crippen LogP contribution in [0.25, 0.3) is 0 Å². The van der Waals surface area contributed by atoms with Crippen molar-refractivity contribution in [1.29, 1.82) is 0 Å². The molecule has 0 saturated heterocycles. The van der Waals surface area contributed by atoms with Crippen LogP contribution in [0.4, 0.5) is 0 Å². The van der Waals surface area contributed by atoms with Crippen LogP contribution in [0.1, 0.15) is 46.5 Å². The zero-order chi connectivity index (χ0) is 13.3. The fraction of sp³-hybridized carbons (Fsp3) is 0.692. The Kier molecular flexibility index (Phi) is 8.11. The van der Waals surface area contributed by atoms with Gasteiger partial charge in [-0.05, 0) is 12.8 Å². The Balaban J connectivity index is 4.28. The zero-order valence-corrected chi connectivity index (χ0v) is 11.0. The second-order valence-electron chi connectivity index (χ2n) is 3.90. The Hall–Kier alpha value is -1.32. The summed E-state index contributed by atoms with van der Waals surface area (Å²) in [6.45, 7) is 9.32. The van der Waals surface area contributed by atoms with Gasteiger partial charge in [0.1, 0.15) is 6.10 Å². The lowest BCUT2D eigenvalue weighted by Crippen LogP contribution is -2.24. The summed E-state index contributed by atoms with van der Waals surface area (Å²) in [6, 6.07) is 0. The highest BCUT2D eigenvalue weighted by Gasteiger charge is 2.22. The maximum atomic E-state index is 11.6. The highest BCUT2D eigenvalue weighted by atomic mass is 16.6. The van der Waals surface area contributed by atoms with Gasteiger partial charge in [-0.1, -0.05) is 33.3 Å². The first-order chi connectivity index (χ1) is 8.02. The van der Waals surface area contributed by atoms with E-state index in [1.807, 2.05) is 13.8 Å². The highest BCUT2D eigenvalue weighted by molar-refractivity contribution is 5.89. The number of hydrogen-bond donors (Lipinski definition) is 0. The number of rotatable bonds is 8. The summed E-state index contributed by atoms with van der Waals surface area (Å²) in [7, 11) is 0. The topological polar surface area (TPSA) is 52.6 Å². The summed E-state index contributed by atoms with van der Waals surface area (Å²) in [5.41, 5.74) is 0.221. The number of esters is 2. The van der Waals surface area contributed by atoms with Gasteiger partial charge in [0.25, 0.3) is 0 Å². The van der Waals surface area contributed by atoms with E-state index in [9.17, 15) is 9.59 Å². The fourth-order valence-corrected chi connectivity index (χ4v) is 1.30. The molecule has 0 N–H and O–H groups in total. The lowest BCUT2D eigenvalue weighted by molar-refractivity contribution is -0.148. The van der Waals surface area contributed by atoms with Crippen LogP contribution in [0, 0.1) is 0 Å². The molecule has 0 aliphatic heterocycles. The third-order valence-electron chi connectivity index (χ3n) is 2.24. The van der Waals surface area contributed by atoms with Gasteiger partial charge in [0.2, 0.25) is 0 Å². The minimum atomic E-state index is -0.563. The first-order valence-corrected chi connectivity index (χ1v) is 6.06. The first-order valence-electron chi connectivity index (χ1n) is 6.06. The first kappa shape index (κ1) is 15.7. The molecule has 0 amide bonds. The smallest absolute Gasteiger partial charge is 0.337 e. The van der Waals surface area contributed by atoms with Gasteiger partial charge in [0.15, 0.2) is 0 Å². The molecule has 4 nitrogen and oxygen atoms in total. The number of carbonyl (C=O) groups is 2. The van der Waals surface area contributed by atoms with Crippen molar-refractivity contribution in [2.45, 2.75) is 52.6 Å². The van der Waals surface area contributed by atoms with Crippen LogP contribution in [-0.4, -0.2) is 24.6 Å². The summed E-state index contributed by atoms with van der Waals surface area (Å²) in [5.74, 6) is -0.885. The molecule has 0 aliphatic rings. The average Bonchev–Trinajstić information content (AvgIpc) is 2.27. The average molecular weight is 242 g/mol. The van der Waals surface area contributed by atoms with E-state index in [1.165, 1.54) is 6.92 Å². The minimum absolute atomic E-state index is 0.221. The Labute approximate surface area is 103 Å². The normalized spacial score (nSPS) is 11.7. The molecule has 0 fully saturated rings. The third kappa shape index (κ3) is 6.76. The SMILES string of the molecule is C=C(C(=O)OCCCC)[C@@H](CCC)OC(C)=O. The third-order valence-corrected chi connectivity index (χ3v) is 2.24. The second-order valence-corrected chi connectivity index (χ2v) is 3.90. The van der Waals surface area contributed by atoms with Gasteiger partial charge in [-0.25, -0.2) is 4.79 Å². The number of unbranched alkanes of at least 4 members (excludes halogenated alkanes) is 1. The number of hydrogen-bond acceptors (Lipinski definition) is 4. The van der Waals surface area contributed by atoms with Gasteiger partial charge in [0.05, 0.1) is 12.2 Å². The van der Waals surface area contributed by atoms with Crippen molar-refractivity contribution in [2.24, 2.45) is 0 Å². The van der Waals surface area contributed by atoms with E-state index >= 15 is 0 Å². The van der Waals surface area contributed by atoms with Crippen molar-refractivity contribution in [1.82, 2.24) is 0 Å². The fourth-order valence-electron chi connectivity index (χ4n) is 1.30. The molecule has 98 valence electrons. The Morgan fingerprint density at radius 3 is 2.35 bits per heavy atom. The summed E-state index contributed by atoms with van der Waals surface area (Å²) >= 11 is 0. The molecule has 0 aromatic carbocycles. The van der Waals surface area contributed by atoms with E-state index in [0.29, 0.717) is 13.0 Å². The molecule has 0 aromatic rings. The Morgan fingerprint density at radius 1 is 1.24 bits per heavy atom. The minimum Gasteiger partial charge on any atom is -0.462 e. The number of carbonyl (C=O) groups excluding carboxylic acids is 2. The standard InChI is InChI=1S/C13H22O4/c1-5-7-9-16-13(15)10(3)12(8-6-2)17-11(4)14/h12H,3,5-9H2,1-2,4H3/t12-/m1/s1. The van der Waals surface area contributed by atoms with Gasteiger partial charge in [-0.15, -0.1) is 0 Å². The van der Waals surface area contributed by atoms with Crippen LogP contribution >= 0.6 is 0 Å². The van der Waals surface area contributed by atoms with E-state index in [4.69, 9.17) is 9.47 Å². The summed E-state index contributed by atoms with van der Waals surface area (Å²) in [6.07, 6.45) is 2.61. The van der Waals surface area contributed by atoms with Crippen molar-refractivity contribution >= 4 is 11.9 Å². The Bertz CT molecular complexity index is 271. The summed E-state index contributed by atoms with van der Waals surface area (Å²) in [5, 5.41) is 0. The molecule has 0 radical (unpaired) electrons. The van der Waals surface area contributed by atoms with E-state index in [1.54, 1.807) is 0 Å². The van der Waals surface area contributed by atoms with Crippen molar-refractivity contribution in [3.05, 3.63) is 12.2 Å². The van der Waals surface area contributed by atoms with Crippen LogP contribution in [0.15, 0.2) is 12.2 Å². The van der Waals surface area contributed by atoms with E-state index < -0.39 is 18.0 Å². The van der Waals surface area contributed by atoms with E-state index in [2.05, 4.69) is 6.58 Å². The highest BCUT2D eigenvalue weighted by Crippen LogP contribution is 2.13. The van der Waals surface area contributed by atoms with Gasteiger partial charge in [0, 0.05) is 6.92 Å². The molecule has 0 spiro atoms. The molecule has 0 saturated carbocycles. The van der Waals surface area contributed by atoms with E-state index in [-0.39, 0.29) is 5.57 Å². The van der Waals surface area contributed by atoms with Crippen LogP contribution in [0.2, 0.25) is 0 Å². The maximum absolute atomic E-state index is 11.6. The molecule has 0 aromatic heterocycles. The van der Waals surface area contributed by atoms with Crippen molar-refractivity contribution in [3.63, 3.8) is 0 Å². The lowest BCUT2D eigenvalue weighted by atomic mass is 10.1. The predicted octanol–water partition coefficient (Wildman–Crippen LogP) is 2.62. The molecule has 0 aliphatic carbocycles. The Morgan fingerprint density at radius 2 is 1.88 bits per heavy atom. The van der Waals surface area contributed by atoms with Crippen LogP contribution in [0.5, 0.6) is 0 Å². The molecule has 4 heteroatoms. The largest absolute Gasteiger partial charge is 0.462 e. The maximum Gasteiger partial charge on any atom is 0.337 e. The second kappa shape index (κ2) is 8.79. The lowest BCUT2D eigenvalue weighted by Gasteiger charge is -2.17. The van der Waals surface area contributed by atoms with Crippen LogP contribution in [0.3, 0.4) is 0 Å². The molecule has 0 bridgehead atoms. The molecule has 0 heterocycles. The van der Waals surface area contributed by atoms with Crippen molar-refractivity contribution in [2.75, 3.05) is 6.61 Å². The van der Waals surface area contributed by atoms with Crippen LogP contribution < -0.4 is 0 Å². The van der Waals surface area contributed by atoms with Crippen molar-refractivity contribution in [3.8, 4) is 0 Å². The van der Waals surface area contributed by atoms with Gasteiger partial charge in [-0.2, -0.15) is 0 Å². The number of ether oxygens (including phenoxy) is 2. The monoisotopic (exact) mass is 242 g/mol. The molecular formula is C13H22O4. The van der Waals surface area contributed by atoms with Gasteiger partial charge >= 0.3 is 11.9 Å². The van der Waals surface area contributed by atoms with Crippen molar-refractivity contribution < 1.29 is 19.1 Å². The quantitative estimate of drug-likeness (QED) is 0.373. The molecule has 17 heavy (non-hydrogen) atoms. The molecular weight excluding hydrogens is 220 g/mol. The zero-order valence-electron chi connectivity index (χ0n) is 11.0. The molecule has 1 atom stereocenters. The summed E-state index contributed by atoms with van der Waals surface area (Å²) < 4.78 is 10.1. The molecule has 0 unspecified atom stereocenters. The predicted molar refractivity (Wildman–Crippen MR) is 65.5 cm³/mol. The van der Waals surface area contributed by atoms with Gasteiger partial charge in [-0.3, -0.25) is 4.79 Å². The van der Waals surface area contributed by atoms with Gasteiger partial charge < -0.3 is 9.47 Å². The summed E-state index contributed by atoms with van der Waals surface area (Å²) in [4.78, 5) is 22.5. The van der Waals surface area contributed by atoms with Crippen LogP contribution in [-0.2, 0) is 19.1 Å². The molecule has 0 rings (SSSR count). The van der Waals surface area contributed by atoms with E-state index in [0.717, 1.165) is 19.3 Å².